The number of nitrogens with one attached hydrogen (secondary N) is 1. The summed E-state index contributed by atoms with van der Waals surface area (Å²) in [5.41, 5.74) is 1.70. The van der Waals surface area contributed by atoms with Crippen LogP contribution in [-0.4, -0.2) is 36.1 Å². The zero-order valence-electron chi connectivity index (χ0n) is 11.1. The normalized spacial score (nSPS) is 19.2. The number of anilines is 1. The maximum Gasteiger partial charge on any atom is 0.230 e. The SMILES string of the molecule is NS(=O)(=O)C1CC(=O)N(c2ncc(-c3ccccc3)[nH]2)C1. The number of nitrogens with two attached hydrogens (primary N) is 1. The van der Waals surface area contributed by atoms with Crippen LogP contribution in [0, 0.1) is 0 Å². The first kappa shape index (κ1) is 13.8. The van der Waals surface area contributed by atoms with Gasteiger partial charge in [-0.3, -0.25) is 9.69 Å². The van der Waals surface area contributed by atoms with Crippen LogP contribution in [-0.2, 0) is 14.8 Å². The highest BCUT2D eigenvalue weighted by Crippen LogP contribution is 2.24. The number of aromatic amines is 1. The second-order valence-electron chi connectivity index (χ2n) is 4.91. The predicted molar refractivity (Wildman–Crippen MR) is 77.9 cm³/mol. The van der Waals surface area contributed by atoms with Gasteiger partial charge in [0.1, 0.15) is 5.25 Å². The standard InChI is InChI=1S/C13H14N4O3S/c14-21(19,20)10-6-12(18)17(8-10)13-15-7-11(16-13)9-4-2-1-3-5-9/h1-5,7,10H,6,8H2,(H,15,16)(H2,14,19,20). The lowest BCUT2D eigenvalue weighted by Gasteiger charge is -2.12. The predicted octanol–water partition coefficient (Wildman–Crippen LogP) is 0.471. The molecule has 0 bridgehead atoms. The smallest absolute Gasteiger partial charge is 0.230 e. The van der Waals surface area contributed by atoms with Gasteiger partial charge < -0.3 is 4.98 Å². The molecule has 21 heavy (non-hydrogen) atoms. The molecule has 1 aliphatic rings. The third-order valence-electron chi connectivity index (χ3n) is 3.46. The number of sulfonamides is 1. The first-order valence-corrected chi connectivity index (χ1v) is 7.98. The fraction of sp³-hybridized carbons (Fsp3) is 0.231. The zero-order chi connectivity index (χ0) is 15.0. The summed E-state index contributed by atoms with van der Waals surface area (Å²) >= 11 is 0. The fourth-order valence-corrected chi connectivity index (χ4v) is 3.04. The van der Waals surface area contributed by atoms with Gasteiger partial charge in [0.2, 0.25) is 21.9 Å². The number of nitrogens with zero attached hydrogens (tertiary/aromatic N) is 2. The van der Waals surface area contributed by atoms with E-state index in [1.54, 1.807) is 6.20 Å². The van der Waals surface area contributed by atoms with Crippen molar-refractivity contribution >= 4 is 21.9 Å². The van der Waals surface area contributed by atoms with Crippen molar-refractivity contribution < 1.29 is 13.2 Å². The molecule has 1 amide bonds. The first-order valence-electron chi connectivity index (χ1n) is 6.37. The van der Waals surface area contributed by atoms with Gasteiger partial charge in [0.25, 0.3) is 0 Å². The van der Waals surface area contributed by atoms with E-state index in [9.17, 15) is 13.2 Å². The van der Waals surface area contributed by atoms with E-state index >= 15 is 0 Å². The van der Waals surface area contributed by atoms with Gasteiger partial charge in [-0.2, -0.15) is 0 Å². The molecule has 1 atom stereocenters. The van der Waals surface area contributed by atoms with Crippen LogP contribution in [0.25, 0.3) is 11.3 Å². The molecular formula is C13H14N4O3S. The number of aromatic nitrogens is 2. The molecule has 7 nitrogen and oxygen atoms in total. The number of carbonyl (C=O) groups is 1. The second-order valence-corrected chi connectivity index (χ2v) is 6.75. The van der Waals surface area contributed by atoms with Gasteiger partial charge in [0.15, 0.2) is 0 Å². The molecule has 3 N–H and O–H groups in total. The van der Waals surface area contributed by atoms with Crippen LogP contribution >= 0.6 is 0 Å². The maximum absolute atomic E-state index is 11.9. The van der Waals surface area contributed by atoms with Gasteiger partial charge in [0, 0.05) is 13.0 Å². The Morgan fingerprint density at radius 3 is 2.62 bits per heavy atom. The van der Waals surface area contributed by atoms with Crippen LogP contribution < -0.4 is 10.0 Å². The van der Waals surface area contributed by atoms with Crippen molar-refractivity contribution in [3.05, 3.63) is 36.5 Å². The highest BCUT2D eigenvalue weighted by Gasteiger charge is 2.38. The van der Waals surface area contributed by atoms with E-state index in [0.29, 0.717) is 5.95 Å². The first-order chi connectivity index (χ1) is 9.95. The Kier molecular flexibility index (Phi) is 3.26. The largest absolute Gasteiger partial charge is 0.324 e. The minimum Gasteiger partial charge on any atom is -0.324 e. The van der Waals surface area contributed by atoms with E-state index in [2.05, 4.69) is 9.97 Å². The molecule has 0 radical (unpaired) electrons. The number of H-pyrrole nitrogens is 1. The summed E-state index contributed by atoms with van der Waals surface area (Å²) in [6, 6.07) is 9.52. The number of amides is 1. The summed E-state index contributed by atoms with van der Waals surface area (Å²) in [4.78, 5) is 20.4. The number of carbonyl (C=O) groups excluding carboxylic acids is 1. The Morgan fingerprint density at radius 1 is 1.29 bits per heavy atom. The van der Waals surface area contributed by atoms with Crippen LogP contribution in [0.4, 0.5) is 5.95 Å². The molecule has 1 aliphatic heterocycles. The average Bonchev–Trinajstić information content (AvgIpc) is 3.05. The van der Waals surface area contributed by atoms with Gasteiger partial charge in [-0.15, -0.1) is 0 Å². The molecule has 1 fully saturated rings. The van der Waals surface area contributed by atoms with Gasteiger partial charge in [-0.1, -0.05) is 30.3 Å². The molecule has 3 rings (SSSR count). The Balaban J connectivity index is 1.86. The van der Waals surface area contributed by atoms with Crippen LogP contribution in [0.1, 0.15) is 6.42 Å². The van der Waals surface area contributed by atoms with Gasteiger partial charge in [-0.05, 0) is 5.56 Å². The summed E-state index contributed by atoms with van der Waals surface area (Å²) in [6.45, 7) is 0.0272. The van der Waals surface area contributed by atoms with E-state index in [1.165, 1.54) is 4.90 Å². The zero-order valence-corrected chi connectivity index (χ0v) is 11.9. The summed E-state index contributed by atoms with van der Waals surface area (Å²) in [7, 11) is -3.73. The number of hydrogen-bond donors (Lipinski definition) is 2. The van der Waals surface area contributed by atoms with E-state index in [4.69, 9.17) is 5.14 Å². The van der Waals surface area contributed by atoms with Crippen molar-refractivity contribution in [2.24, 2.45) is 5.14 Å². The third-order valence-corrected chi connectivity index (χ3v) is 4.70. The Labute approximate surface area is 121 Å². The van der Waals surface area contributed by atoms with Gasteiger partial charge in [0.05, 0.1) is 11.9 Å². The average molecular weight is 306 g/mol. The topological polar surface area (TPSA) is 109 Å². The van der Waals surface area contributed by atoms with E-state index in [1.807, 2.05) is 30.3 Å². The number of benzene rings is 1. The van der Waals surface area contributed by atoms with Crippen LogP contribution in [0.2, 0.25) is 0 Å². The summed E-state index contributed by atoms with van der Waals surface area (Å²) in [5, 5.41) is 4.22. The number of imidazole rings is 1. The Morgan fingerprint density at radius 2 is 2.00 bits per heavy atom. The molecule has 1 unspecified atom stereocenters. The highest BCUT2D eigenvalue weighted by atomic mass is 32.2. The summed E-state index contributed by atoms with van der Waals surface area (Å²) in [6.07, 6.45) is 1.50. The molecule has 0 saturated carbocycles. The Hall–Kier alpha value is -2.19. The van der Waals surface area contributed by atoms with Crippen LogP contribution in [0.3, 0.4) is 0 Å². The fourth-order valence-electron chi connectivity index (χ4n) is 2.31. The van der Waals surface area contributed by atoms with Crippen molar-refractivity contribution in [3.63, 3.8) is 0 Å². The highest BCUT2D eigenvalue weighted by molar-refractivity contribution is 7.89. The van der Waals surface area contributed by atoms with E-state index in [0.717, 1.165) is 11.3 Å². The van der Waals surface area contributed by atoms with Gasteiger partial charge in [-0.25, -0.2) is 18.5 Å². The lowest BCUT2D eigenvalue weighted by molar-refractivity contribution is -0.117. The number of hydrogen-bond acceptors (Lipinski definition) is 4. The monoisotopic (exact) mass is 306 g/mol. The molecule has 2 aromatic rings. The molecular weight excluding hydrogens is 292 g/mol. The second kappa shape index (κ2) is 4.97. The minimum atomic E-state index is -3.73. The van der Waals surface area contributed by atoms with Crippen molar-refractivity contribution in [2.45, 2.75) is 11.7 Å². The molecule has 110 valence electrons. The molecule has 2 heterocycles. The molecule has 1 aromatic carbocycles. The molecule has 8 heteroatoms. The summed E-state index contributed by atoms with van der Waals surface area (Å²) in [5.74, 6) is 0.0352. The van der Waals surface area contributed by atoms with Crippen molar-refractivity contribution in [2.75, 3.05) is 11.4 Å². The van der Waals surface area contributed by atoms with E-state index < -0.39 is 15.3 Å². The Bertz CT molecular complexity index is 770. The number of primary sulfonamides is 1. The molecule has 0 spiro atoms. The van der Waals surface area contributed by atoms with Crippen molar-refractivity contribution in [1.82, 2.24) is 9.97 Å². The van der Waals surface area contributed by atoms with Crippen LogP contribution in [0.5, 0.6) is 0 Å². The maximum atomic E-state index is 11.9. The minimum absolute atomic E-state index is 0.0272. The lowest BCUT2D eigenvalue weighted by Crippen LogP contribution is -2.32. The lowest BCUT2D eigenvalue weighted by atomic mass is 10.2. The van der Waals surface area contributed by atoms with Crippen LogP contribution in [0.15, 0.2) is 36.5 Å². The quantitative estimate of drug-likeness (QED) is 0.859. The third kappa shape index (κ3) is 2.67. The van der Waals surface area contributed by atoms with E-state index in [-0.39, 0.29) is 18.9 Å². The summed E-state index contributed by atoms with van der Waals surface area (Å²) < 4.78 is 22.7. The molecule has 0 aliphatic carbocycles. The molecule has 1 aromatic heterocycles. The van der Waals surface area contributed by atoms with Crippen molar-refractivity contribution in [1.29, 1.82) is 0 Å². The van der Waals surface area contributed by atoms with Gasteiger partial charge >= 0.3 is 0 Å². The molecule has 1 saturated heterocycles. The number of rotatable bonds is 3. The van der Waals surface area contributed by atoms with Crippen molar-refractivity contribution in [3.8, 4) is 11.3 Å².